The molecule has 0 atom stereocenters. The zero-order valence-corrected chi connectivity index (χ0v) is 13.9. The summed E-state index contributed by atoms with van der Waals surface area (Å²) in [5, 5.41) is 0.00838. The molecule has 1 saturated heterocycles. The summed E-state index contributed by atoms with van der Waals surface area (Å²) in [5.41, 5.74) is 0. The van der Waals surface area contributed by atoms with Gasteiger partial charge >= 0.3 is 0 Å². The number of ether oxygens (including phenoxy) is 1. The van der Waals surface area contributed by atoms with Gasteiger partial charge in [0.1, 0.15) is 0 Å². The topological polar surface area (TPSA) is 72.6 Å². The Kier molecular flexibility index (Phi) is 4.68. The number of nitrogens with zero attached hydrogens (tertiary/aromatic N) is 2. The van der Waals surface area contributed by atoms with Gasteiger partial charge in [-0.05, 0) is 18.6 Å². The highest BCUT2D eigenvalue weighted by molar-refractivity contribution is 7.91. The van der Waals surface area contributed by atoms with Crippen molar-refractivity contribution in [1.82, 2.24) is 4.98 Å². The zero-order valence-electron chi connectivity index (χ0n) is 13.1. The molecule has 0 N–H and O–H groups in total. The van der Waals surface area contributed by atoms with Crippen molar-refractivity contribution in [3.05, 3.63) is 36.2 Å². The van der Waals surface area contributed by atoms with Crippen LogP contribution in [-0.2, 0) is 21.0 Å². The number of aryl methyl sites for hydroxylation is 1. The third kappa shape index (κ3) is 3.25. The van der Waals surface area contributed by atoms with Crippen LogP contribution in [0.4, 0.5) is 5.88 Å². The van der Waals surface area contributed by atoms with Gasteiger partial charge in [-0.2, -0.15) is 4.98 Å². The molecular weight excluding hydrogens is 316 g/mol. The number of aromatic nitrogens is 1. The van der Waals surface area contributed by atoms with Crippen LogP contribution in [-0.4, -0.2) is 39.7 Å². The Bertz CT molecular complexity index is 750. The van der Waals surface area contributed by atoms with Crippen molar-refractivity contribution in [3.8, 4) is 0 Å². The van der Waals surface area contributed by atoms with E-state index in [4.69, 9.17) is 9.15 Å². The second kappa shape index (κ2) is 6.72. The summed E-state index contributed by atoms with van der Waals surface area (Å²) >= 11 is 0. The molecule has 2 heterocycles. The summed E-state index contributed by atoms with van der Waals surface area (Å²) in [6.45, 7) is 4.30. The largest absolute Gasteiger partial charge is 0.424 e. The molecule has 1 aromatic heterocycles. The second-order valence-electron chi connectivity index (χ2n) is 5.38. The summed E-state index contributed by atoms with van der Waals surface area (Å²) in [6.07, 6.45) is 1.45. The smallest absolute Gasteiger partial charge is 0.236 e. The molecule has 0 aliphatic carbocycles. The maximum atomic E-state index is 12.9. The highest BCUT2D eigenvalue weighted by Crippen LogP contribution is 2.31. The first-order chi connectivity index (χ1) is 11.1. The molecule has 3 rings (SSSR count). The van der Waals surface area contributed by atoms with Gasteiger partial charge in [-0.25, -0.2) is 8.42 Å². The fourth-order valence-electron chi connectivity index (χ4n) is 2.51. The Morgan fingerprint density at radius 2 is 1.87 bits per heavy atom. The molecule has 0 bridgehead atoms. The lowest BCUT2D eigenvalue weighted by atomic mass is 10.3. The lowest BCUT2D eigenvalue weighted by Gasteiger charge is -2.26. The van der Waals surface area contributed by atoms with Crippen molar-refractivity contribution in [3.63, 3.8) is 0 Å². The van der Waals surface area contributed by atoms with E-state index in [2.05, 4.69) is 4.98 Å². The van der Waals surface area contributed by atoms with Crippen molar-refractivity contribution >= 4 is 15.7 Å². The molecule has 1 aromatic carbocycles. The van der Waals surface area contributed by atoms with Gasteiger partial charge in [0.15, 0.2) is 5.89 Å². The van der Waals surface area contributed by atoms with E-state index < -0.39 is 9.84 Å². The van der Waals surface area contributed by atoms with Gasteiger partial charge < -0.3 is 14.1 Å². The Labute approximate surface area is 136 Å². The number of rotatable bonds is 5. The van der Waals surface area contributed by atoms with Gasteiger partial charge in [-0.15, -0.1) is 0 Å². The van der Waals surface area contributed by atoms with Crippen LogP contribution in [0.1, 0.15) is 19.2 Å². The number of oxazole rings is 1. The average Bonchev–Trinajstić information content (AvgIpc) is 3.02. The van der Waals surface area contributed by atoms with Gasteiger partial charge in [0.2, 0.25) is 20.7 Å². The molecule has 23 heavy (non-hydrogen) atoms. The van der Waals surface area contributed by atoms with Crippen LogP contribution in [0.25, 0.3) is 0 Å². The average molecular weight is 336 g/mol. The van der Waals surface area contributed by atoms with Crippen molar-refractivity contribution in [1.29, 1.82) is 0 Å². The van der Waals surface area contributed by atoms with Crippen LogP contribution in [0.2, 0.25) is 0 Å². The van der Waals surface area contributed by atoms with E-state index >= 15 is 0 Å². The van der Waals surface area contributed by atoms with E-state index in [0.29, 0.717) is 44.5 Å². The normalized spacial score (nSPS) is 15.8. The van der Waals surface area contributed by atoms with Gasteiger partial charge in [0.25, 0.3) is 0 Å². The molecule has 0 unspecified atom stereocenters. The molecular formula is C16H20N2O4S. The minimum atomic E-state index is -3.70. The maximum absolute atomic E-state index is 12.9. The summed E-state index contributed by atoms with van der Waals surface area (Å²) in [4.78, 5) is 6.41. The Hall–Kier alpha value is -1.86. The zero-order chi connectivity index (χ0) is 16.3. The SMILES string of the molecule is CCCc1nc(S(=O)(=O)c2ccccc2)c(N2CCOCC2)o1. The van der Waals surface area contributed by atoms with Crippen LogP contribution in [0.5, 0.6) is 0 Å². The first kappa shape index (κ1) is 16.0. The van der Waals surface area contributed by atoms with E-state index in [1.807, 2.05) is 11.8 Å². The summed E-state index contributed by atoms with van der Waals surface area (Å²) in [5.74, 6) is 0.795. The number of anilines is 1. The van der Waals surface area contributed by atoms with Crippen molar-refractivity contribution in [2.45, 2.75) is 29.7 Å². The summed E-state index contributed by atoms with van der Waals surface area (Å²) < 4.78 is 37.0. The fraction of sp³-hybridized carbons (Fsp3) is 0.438. The molecule has 0 amide bonds. The predicted octanol–water partition coefficient (Wildman–Crippen LogP) is 2.30. The Morgan fingerprint density at radius 1 is 1.17 bits per heavy atom. The minimum absolute atomic E-state index is 0.00838. The molecule has 6 nitrogen and oxygen atoms in total. The van der Waals surface area contributed by atoms with Crippen LogP contribution in [0.15, 0.2) is 44.7 Å². The van der Waals surface area contributed by atoms with E-state index in [9.17, 15) is 8.42 Å². The minimum Gasteiger partial charge on any atom is -0.424 e. The molecule has 1 aliphatic rings. The van der Waals surface area contributed by atoms with E-state index in [1.165, 1.54) is 0 Å². The first-order valence-electron chi connectivity index (χ1n) is 7.75. The number of sulfone groups is 1. The molecule has 0 radical (unpaired) electrons. The lowest BCUT2D eigenvalue weighted by Crippen LogP contribution is -2.36. The molecule has 0 saturated carbocycles. The van der Waals surface area contributed by atoms with Crippen molar-refractivity contribution < 1.29 is 17.6 Å². The van der Waals surface area contributed by atoms with Crippen LogP contribution in [0.3, 0.4) is 0 Å². The van der Waals surface area contributed by atoms with E-state index in [-0.39, 0.29) is 9.92 Å². The maximum Gasteiger partial charge on any atom is 0.236 e. The van der Waals surface area contributed by atoms with Gasteiger partial charge in [-0.3, -0.25) is 0 Å². The third-order valence-electron chi connectivity index (χ3n) is 3.69. The second-order valence-corrected chi connectivity index (χ2v) is 7.25. The Balaban J connectivity index is 2.06. The third-order valence-corrected chi connectivity index (χ3v) is 5.36. The molecule has 0 spiro atoms. The van der Waals surface area contributed by atoms with Crippen molar-refractivity contribution in [2.75, 3.05) is 31.2 Å². The predicted molar refractivity (Wildman–Crippen MR) is 85.4 cm³/mol. The Morgan fingerprint density at radius 3 is 2.52 bits per heavy atom. The fourth-order valence-corrected chi connectivity index (χ4v) is 3.87. The number of morpholine rings is 1. The monoisotopic (exact) mass is 336 g/mol. The summed E-state index contributed by atoms with van der Waals surface area (Å²) in [6, 6.07) is 8.34. The number of hydrogen-bond donors (Lipinski definition) is 0. The molecule has 1 aliphatic heterocycles. The van der Waals surface area contributed by atoms with E-state index in [1.54, 1.807) is 30.3 Å². The van der Waals surface area contributed by atoms with Gasteiger partial charge in [0, 0.05) is 19.5 Å². The number of benzene rings is 1. The lowest BCUT2D eigenvalue weighted by molar-refractivity contribution is 0.120. The summed E-state index contributed by atoms with van der Waals surface area (Å²) in [7, 11) is -3.70. The van der Waals surface area contributed by atoms with Crippen LogP contribution >= 0.6 is 0 Å². The molecule has 2 aromatic rings. The standard InChI is InChI=1S/C16H20N2O4S/c1-2-6-14-17-15(16(22-14)18-9-11-21-12-10-18)23(19,20)13-7-4-3-5-8-13/h3-5,7-8H,2,6,9-12H2,1H3. The molecule has 7 heteroatoms. The molecule has 124 valence electrons. The van der Waals surface area contributed by atoms with Crippen LogP contribution in [0, 0.1) is 0 Å². The van der Waals surface area contributed by atoms with E-state index in [0.717, 1.165) is 6.42 Å². The molecule has 1 fully saturated rings. The van der Waals surface area contributed by atoms with Crippen LogP contribution < -0.4 is 4.90 Å². The van der Waals surface area contributed by atoms with Gasteiger partial charge in [-0.1, -0.05) is 25.1 Å². The number of hydrogen-bond acceptors (Lipinski definition) is 6. The quantitative estimate of drug-likeness (QED) is 0.834. The highest BCUT2D eigenvalue weighted by atomic mass is 32.2. The van der Waals surface area contributed by atoms with Gasteiger partial charge in [0.05, 0.1) is 18.1 Å². The van der Waals surface area contributed by atoms with Crippen molar-refractivity contribution in [2.24, 2.45) is 0 Å². The highest BCUT2D eigenvalue weighted by Gasteiger charge is 2.31. The first-order valence-corrected chi connectivity index (χ1v) is 9.23.